The summed E-state index contributed by atoms with van der Waals surface area (Å²) in [5, 5.41) is 10.6. The Morgan fingerprint density at radius 2 is 1.94 bits per heavy atom. The molecule has 10 heteroatoms. The Labute approximate surface area is 174 Å². The van der Waals surface area contributed by atoms with Gasteiger partial charge in [0.15, 0.2) is 5.82 Å². The Morgan fingerprint density at radius 1 is 1.16 bits per heavy atom. The highest BCUT2D eigenvalue weighted by Gasteiger charge is 2.31. The van der Waals surface area contributed by atoms with E-state index in [1.807, 2.05) is 0 Å². The fraction of sp³-hybridized carbons (Fsp3) is 0.190. The van der Waals surface area contributed by atoms with Crippen LogP contribution in [-0.4, -0.2) is 27.5 Å². The van der Waals surface area contributed by atoms with Gasteiger partial charge < -0.3 is 10.2 Å². The molecule has 1 aromatic heterocycles. The molecule has 0 spiro atoms. The van der Waals surface area contributed by atoms with Crippen LogP contribution in [0, 0.1) is 5.82 Å². The van der Waals surface area contributed by atoms with Gasteiger partial charge in [0.25, 0.3) is 5.91 Å². The maximum atomic E-state index is 13.0. The van der Waals surface area contributed by atoms with Gasteiger partial charge in [0.2, 0.25) is 6.10 Å². The van der Waals surface area contributed by atoms with E-state index in [9.17, 15) is 22.4 Å². The van der Waals surface area contributed by atoms with Gasteiger partial charge in [-0.25, -0.2) is 4.39 Å². The van der Waals surface area contributed by atoms with Crippen molar-refractivity contribution in [3.63, 3.8) is 0 Å². The van der Waals surface area contributed by atoms with Gasteiger partial charge in [-0.05, 0) is 35.4 Å². The molecule has 1 atom stereocenters. The maximum Gasteiger partial charge on any atom is 0.416 e. The molecule has 0 radical (unpaired) electrons. The maximum absolute atomic E-state index is 13.0. The number of anilines is 1. The van der Waals surface area contributed by atoms with Gasteiger partial charge in [-0.15, -0.1) is 0 Å². The Morgan fingerprint density at radius 3 is 2.68 bits per heavy atom. The third-order valence-corrected chi connectivity index (χ3v) is 4.63. The molecule has 0 fully saturated rings. The van der Waals surface area contributed by atoms with Crippen LogP contribution < -0.4 is 5.32 Å². The summed E-state index contributed by atoms with van der Waals surface area (Å²) in [6, 6.07) is 12.2. The van der Waals surface area contributed by atoms with E-state index in [-0.39, 0.29) is 24.6 Å². The molecule has 1 aliphatic rings. The summed E-state index contributed by atoms with van der Waals surface area (Å²) >= 11 is 0. The van der Waals surface area contributed by atoms with Crippen LogP contribution in [0.15, 0.2) is 65.9 Å². The lowest BCUT2D eigenvalue weighted by Crippen LogP contribution is -2.28. The first-order chi connectivity index (χ1) is 14.8. The second-order valence-corrected chi connectivity index (χ2v) is 6.93. The Hall–Kier alpha value is -3.69. The standard InChI is InChI=1S/C21H16F4N4O2/c22-16-6-4-14(5-7-16)17-11-18(31-28-17)20(30)26-19-8-9-29(27-19)12-13-2-1-3-15(10-13)21(23,24)25/h1-10,18H,11-12H2,(H,26,27,30). The van der Waals surface area contributed by atoms with Crippen molar-refractivity contribution >= 4 is 17.4 Å². The largest absolute Gasteiger partial charge is 0.416 e. The molecule has 1 N–H and O–H groups in total. The van der Waals surface area contributed by atoms with Crippen molar-refractivity contribution in [2.45, 2.75) is 25.2 Å². The van der Waals surface area contributed by atoms with Crippen LogP contribution in [0.4, 0.5) is 23.4 Å². The van der Waals surface area contributed by atoms with E-state index < -0.39 is 23.8 Å². The summed E-state index contributed by atoms with van der Waals surface area (Å²) in [7, 11) is 0. The number of rotatable bonds is 5. The molecule has 0 bridgehead atoms. The molecular formula is C21H16F4N4O2. The van der Waals surface area contributed by atoms with Crippen molar-refractivity contribution in [3.8, 4) is 0 Å². The van der Waals surface area contributed by atoms with Gasteiger partial charge in [-0.1, -0.05) is 29.4 Å². The monoisotopic (exact) mass is 432 g/mol. The first kappa shape index (κ1) is 20.6. The summed E-state index contributed by atoms with van der Waals surface area (Å²) in [4.78, 5) is 17.6. The average molecular weight is 432 g/mol. The summed E-state index contributed by atoms with van der Waals surface area (Å²) in [6.45, 7) is 0.109. The van der Waals surface area contributed by atoms with Crippen molar-refractivity contribution in [1.29, 1.82) is 0 Å². The molecule has 0 saturated heterocycles. The van der Waals surface area contributed by atoms with Crippen molar-refractivity contribution in [1.82, 2.24) is 9.78 Å². The van der Waals surface area contributed by atoms with E-state index in [1.54, 1.807) is 24.4 Å². The summed E-state index contributed by atoms with van der Waals surface area (Å²) in [6.07, 6.45) is -3.53. The number of halogens is 4. The predicted octanol–water partition coefficient (Wildman–Crippen LogP) is 4.22. The van der Waals surface area contributed by atoms with Crippen molar-refractivity contribution in [2.24, 2.45) is 5.16 Å². The third kappa shape index (κ3) is 4.90. The number of hydrogen-bond acceptors (Lipinski definition) is 4. The van der Waals surface area contributed by atoms with Crippen molar-refractivity contribution < 1.29 is 27.2 Å². The number of alkyl halides is 3. The lowest BCUT2D eigenvalue weighted by molar-refractivity contribution is -0.137. The second-order valence-electron chi connectivity index (χ2n) is 6.93. The zero-order valence-electron chi connectivity index (χ0n) is 15.9. The molecule has 31 heavy (non-hydrogen) atoms. The smallest absolute Gasteiger partial charge is 0.382 e. The first-order valence-electron chi connectivity index (χ1n) is 9.27. The predicted molar refractivity (Wildman–Crippen MR) is 104 cm³/mol. The molecule has 1 unspecified atom stereocenters. The lowest BCUT2D eigenvalue weighted by Gasteiger charge is -2.09. The molecule has 0 saturated carbocycles. The van der Waals surface area contributed by atoms with Gasteiger partial charge in [-0.3, -0.25) is 9.48 Å². The molecule has 1 amide bonds. The Kier molecular flexibility index (Phi) is 5.45. The van der Waals surface area contributed by atoms with Crippen LogP contribution in [0.1, 0.15) is 23.1 Å². The van der Waals surface area contributed by atoms with Crippen LogP contribution in [0.25, 0.3) is 0 Å². The fourth-order valence-corrected chi connectivity index (χ4v) is 3.09. The molecule has 1 aliphatic heterocycles. The van der Waals surface area contributed by atoms with E-state index in [2.05, 4.69) is 15.6 Å². The molecule has 0 aliphatic carbocycles. The van der Waals surface area contributed by atoms with Crippen molar-refractivity contribution in [3.05, 3.63) is 83.3 Å². The number of carbonyl (C=O) groups excluding carboxylic acids is 1. The first-order valence-corrected chi connectivity index (χ1v) is 9.27. The number of nitrogens with zero attached hydrogens (tertiary/aromatic N) is 3. The topological polar surface area (TPSA) is 68.5 Å². The zero-order valence-corrected chi connectivity index (χ0v) is 15.9. The van der Waals surface area contributed by atoms with Gasteiger partial charge in [0, 0.05) is 18.7 Å². The van der Waals surface area contributed by atoms with E-state index in [0.717, 1.165) is 12.1 Å². The fourth-order valence-electron chi connectivity index (χ4n) is 3.09. The molecule has 3 aromatic rings. The van der Waals surface area contributed by atoms with Crippen LogP contribution in [0.2, 0.25) is 0 Å². The number of benzene rings is 2. The van der Waals surface area contributed by atoms with Crippen LogP contribution in [0.3, 0.4) is 0 Å². The highest BCUT2D eigenvalue weighted by atomic mass is 19.4. The molecule has 4 rings (SSSR count). The van der Waals surface area contributed by atoms with Crippen LogP contribution >= 0.6 is 0 Å². The number of aromatic nitrogens is 2. The van der Waals surface area contributed by atoms with Gasteiger partial charge >= 0.3 is 6.18 Å². The van der Waals surface area contributed by atoms with Crippen molar-refractivity contribution in [2.75, 3.05) is 5.32 Å². The van der Waals surface area contributed by atoms with Gasteiger partial charge in [0.05, 0.1) is 17.8 Å². The van der Waals surface area contributed by atoms with Gasteiger partial charge in [-0.2, -0.15) is 18.3 Å². The van der Waals surface area contributed by atoms with E-state index in [4.69, 9.17) is 4.84 Å². The molecule has 2 aromatic carbocycles. The minimum absolute atomic E-state index is 0.109. The van der Waals surface area contributed by atoms with Crippen LogP contribution in [-0.2, 0) is 22.4 Å². The minimum atomic E-state index is -4.42. The number of amides is 1. The van der Waals surface area contributed by atoms with Crippen LogP contribution in [0.5, 0.6) is 0 Å². The lowest BCUT2D eigenvalue weighted by atomic mass is 10.0. The highest BCUT2D eigenvalue weighted by Crippen LogP contribution is 2.29. The molecular weight excluding hydrogens is 416 g/mol. The SMILES string of the molecule is O=C(Nc1ccn(Cc2cccc(C(F)(F)F)c2)n1)C1CC(c2ccc(F)cc2)=NO1. The molecule has 160 valence electrons. The number of hydrogen-bond donors (Lipinski definition) is 1. The third-order valence-electron chi connectivity index (χ3n) is 4.63. The Bertz CT molecular complexity index is 1120. The van der Waals surface area contributed by atoms with E-state index >= 15 is 0 Å². The number of nitrogens with one attached hydrogen (secondary N) is 1. The second kappa shape index (κ2) is 8.21. The number of oxime groups is 1. The van der Waals surface area contributed by atoms with E-state index in [0.29, 0.717) is 16.8 Å². The summed E-state index contributed by atoms with van der Waals surface area (Å²) < 4.78 is 53.0. The average Bonchev–Trinajstić information content (AvgIpc) is 3.38. The quantitative estimate of drug-likeness (QED) is 0.614. The van der Waals surface area contributed by atoms with E-state index in [1.165, 1.54) is 28.9 Å². The molecule has 2 heterocycles. The molecule has 6 nitrogen and oxygen atoms in total. The summed E-state index contributed by atoms with van der Waals surface area (Å²) in [5.41, 5.74) is 0.866. The zero-order chi connectivity index (χ0) is 22.0. The van der Waals surface area contributed by atoms with Gasteiger partial charge in [0.1, 0.15) is 5.82 Å². The minimum Gasteiger partial charge on any atom is -0.382 e. The normalized spacial score (nSPS) is 16.0. The Balaban J connectivity index is 1.35. The summed E-state index contributed by atoms with van der Waals surface area (Å²) in [5.74, 6) is -0.612. The highest BCUT2D eigenvalue weighted by molar-refractivity contribution is 6.05. The number of carbonyl (C=O) groups is 1.